The van der Waals surface area contributed by atoms with E-state index in [4.69, 9.17) is 0 Å². The molecule has 0 atom stereocenters. The van der Waals surface area contributed by atoms with Gasteiger partial charge < -0.3 is 10.6 Å². The largest absolute Gasteiger partial charge is 0.370 e. The van der Waals surface area contributed by atoms with E-state index < -0.39 is 11.7 Å². The number of H-pyrrole nitrogens is 1. The Balaban J connectivity index is 2.11. The Morgan fingerprint density at radius 2 is 2.37 bits per heavy atom. The van der Waals surface area contributed by atoms with Crippen LogP contribution in [0.15, 0.2) is 12.3 Å². The Hall–Kier alpha value is -2.58. The molecule has 0 saturated heterocycles. The highest BCUT2D eigenvalue weighted by molar-refractivity contribution is 5.98. The third-order valence-electron chi connectivity index (χ3n) is 2.24. The highest BCUT2D eigenvalue weighted by Gasteiger charge is 2.14. The first-order valence-corrected chi connectivity index (χ1v) is 5.60. The molecule has 2 aromatic rings. The van der Waals surface area contributed by atoms with Crippen molar-refractivity contribution < 1.29 is 9.18 Å². The predicted molar refractivity (Wildman–Crippen MR) is 63.7 cm³/mol. The fourth-order valence-corrected chi connectivity index (χ4v) is 1.43. The number of nitrogens with one attached hydrogen (secondary N) is 3. The molecule has 0 spiro atoms. The Kier molecular flexibility index (Phi) is 3.96. The standard InChI is InChI=1S/C10H12FN7O/c1-2-12-9-7(3-6(11)4-13-9)10(19)14-5-8-15-17-18-16-8/h3-4H,2,5H2,1H3,(H,12,13)(H,14,19)(H,15,16,17,18). The average molecular weight is 265 g/mol. The van der Waals surface area contributed by atoms with Crippen molar-refractivity contribution in [2.24, 2.45) is 0 Å². The fraction of sp³-hybridized carbons (Fsp3) is 0.300. The van der Waals surface area contributed by atoms with Gasteiger partial charge in [0, 0.05) is 6.54 Å². The third-order valence-corrected chi connectivity index (χ3v) is 2.24. The van der Waals surface area contributed by atoms with Gasteiger partial charge in [0.25, 0.3) is 5.91 Å². The molecule has 2 aromatic heterocycles. The molecule has 0 unspecified atom stereocenters. The van der Waals surface area contributed by atoms with Gasteiger partial charge in [0.2, 0.25) is 0 Å². The second-order valence-corrected chi connectivity index (χ2v) is 3.59. The second kappa shape index (κ2) is 5.85. The first kappa shape index (κ1) is 12.9. The van der Waals surface area contributed by atoms with Crippen molar-refractivity contribution in [1.82, 2.24) is 30.9 Å². The maximum Gasteiger partial charge on any atom is 0.255 e. The van der Waals surface area contributed by atoms with Crippen molar-refractivity contribution in [3.8, 4) is 0 Å². The number of aromatic amines is 1. The lowest BCUT2D eigenvalue weighted by Gasteiger charge is -2.09. The Morgan fingerprint density at radius 3 is 3.05 bits per heavy atom. The van der Waals surface area contributed by atoms with Crippen LogP contribution in [-0.4, -0.2) is 38.1 Å². The summed E-state index contributed by atoms with van der Waals surface area (Å²) in [6.07, 6.45) is 1.05. The molecule has 0 fully saturated rings. The number of halogens is 1. The van der Waals surface area contributed by atoms with E-state index >= 15 is 0 Å². The number of rotatable bonds is 5. The molecule has 19 heavy (non-hydrogen) atoms. The molecular weight excluding hydrogens is 253 g/mol. The topological polar surface area (TPSA) is 108 Å². The summed E-state index contributed by atoms with van der Waals surface area (Å²) in [6.45, 7) is 2.52. The van der Waals surface area contributed by atoms with Gasteiger partial charge in [0.05, 0.1) is 18.3 Å². The van der Waals surface area contributed by atoms with Gasteiger partial charge in [-0.15, -0.1) is 10.2 Å². The van der Waals surface area contributed by atoms with Crippen molar-refractivity contribution in [3.63, 3.8) is 0 Å². The lowest BCUT2D eigenvalue weighted by atomic mass is 10.2. The highest BCUT2D eigenvalue weighted by Crippen LogP contribution is 2.13. The summed E-state index contributed by atoms with van der Waals surface area (Å²) in [5.74, 6) is -0.378. The van der Waals surface area contributed by atoms with Gasteiger partial charge in [-0.25, -0.2) is 9.37 Å². The molecule has 0 saturated carbocycles. The van der Waals surface area contributed by atoms with Crippen LogP contribution in [0.5, 0.6) is 0 Å². The van der Waals surface area contributed by atoms with Crippen molar-refractivity contribution in [2.45, 2.75) is 13.5 Å². The molecule has 9 heteroatoms. The zero-order valence-electron chi connectivity index (χ0n) is 10.1. The van der Waals surface area contributed by atoms with Gasteiger partial charge in [-0.3, -0.25) is 4.79 Å². The average Bonchev–Trinajstić information content (AvgIpc) is 2.91. The molecule has 0 aromatic carbocycles. The molecule has 100 valence electrons. The van der Waals surface area contributed by atoms with E-state index in [0.717, 1.165) is 12.3 Å². The van der Waals surface area contributed by atoms with Crippen molar-refractivity contribution >= 4 is 11.7 Å². The molecule has 2 heterocycles. The molecule has 0 aliphatic carbocycles. The minimum Gasteiger partial charge on any atom is -0.370 e. The minimum atomic E-state index is -0.577. The maximum atomic E-state index is 13.2. The number of hydrogen-bond donors (Lipinski definition) is 3. The summed E-state index contributed by atoms with van der Waals surface area (Å²) in [6, 6.07) is 1.12. The second-order valence-electron chi connectivity index (χ2n) is 3.59. The molecule has 0 aliphatic heterocycles. The maximum absolute atomic E-state index is 13.2. The van der Waals surface area contributed by atoms with Gasteiger partial charge >= 0.3 is 0 Å². The van der Waals surface area contributed by atoms with Crippen LogP contribution in [0.2, 0.25) is 0 Å². The summed E-state index contributed by atoms with van der Waals surface area (Å²) in [5.41, 5.74) is 0.130. The summed E-state index contributed by atoms with van der Waals surface area (Å²) >= 11 is 0. The molecular formula is C10H12FN7O. The molecule has 0 aliphatic rings. The Labute approximate surface area is 107 Å². The number of aromatic nitrogens is 5. The van der Waals surface area contributed by atoms with Crippen molar-refractivity contribution in [2.75, 3.05) is 11.9 Å². The van der Waals surface area contributed by atoms with Gasteiger partial charge in [-0.1, -0.05) is 5.21 Å². The van der Waals surface area contributed by atoms with Crippen LogP contribution in [-0.2, 0) is 6.54 Å². The van der Waals surface area contributed by atoms with E-state index in [-0.39, 0.29) is 12.1 Å². The quantitative estimate of drug-likeness (QED) is 0.707. The summed E-state index contributed by atoms with van der Waals surface area (Å²) in [4.78, 5) is 15.8. The third kappa shape index (κ3) is 3.21. The van der Waals surface area contributed by atoms with Crippen LogP contribution >= 0.6 is 0 Å². The Bertz CT molecular complexity index is 557. The van der Waals surface area contributed by atoms with E-state index in [9.17, 15) is 9.18 Å². The van der Waals surface area contributed by atoms with Gasteiger partial charge in [-0.2, -0.15) is 5.21 Å². The predicted octanol–water partition coefficient (Wildman–Crippen LogP) is 0.0956. The number of hydrogen-bond acceptors (Lipinski definition) is 6. The molecule has 2 rings (SSSR count). The van der Waals surface area contributed by atoms with Crippen LogP contribution in [0.25, 0.3) is 0 Å². The summed E-state index contributed by atoms with van der Waals surface area (Å²) in [7, 11) is 0. The first-order chi connectivity index (χ1) is 9.20. The molecule has 0 bridgehead atoms. The van der Waals surface area contributed by atoms with Gasteiger partial charge in [0.1, 0.15) is 11.6 Å². The minimum absolute atomic E-state index is 0.0947. The molecule has 1 amide bonds. The number of carbonyl (C=O) groups is 1. The molecule has 8 nitrogen and oxygen atoms in total. The van der Waals surface area contributed by atoms with Crippen LogP contribution in [0.4, 0.5) is 10.2 Å². The first-order valence-electron chi connectivity index (χ1n) is 5.60. The van der Waals surface area contributed by atoms with Gasteiger partial charge in [0.15, 0.2) is 5.82 Å². The zero-order chi connectivity index (χ0) is 13.7. The smallest absolute Gasteiger partial charge is 0.255 e. The van der Waals surface area contributed by atoms with E-state index in [2.05, 4.69) is 36.2 Å². The molecule has 0 radical (unpaired) electrons. The van der Waals surface area contributed by atoms with Crippen molar-refractivity contribution in [3.05, 3.63) is 29.5 Å². The molecule has 3 N–H and O–H groups in total. The van der Waals surface area contributed by atoms with Crippen LogP contribution in [0, 0.1) is 5.82 Å². The van der Waals surface area contributed by atoms with E-state index in [0.29, 0.717) is 18.2 Å². The number of anilines is 1. The van der Waals surface area contributed by atoms with E-state index in [1.807, 2.05) is 6.92 Å². The SMILES string of the molecule is CCNc1ncc(F)cc1C(=O)NCc1nn[nH]n1. The van der Waals surface area contributed by atoms with E-state index in [1.165, 1.54) is 0 Å². The normalized spacial score (nSPS) is 10.2. The highest BCUT2D eigenvalue weighted by atomic mass is 19.1. The van der Waals surface area contributed by atoms with Crippen LogP contribution in [0.1, 0.15) is 23.1 Å². The lowest BCUT2D eigenvalue weighted by Crippen LogP contribution is -2.25. The zero-order valence-corrected chi connectivity index (χ0v) is 10.1. The lowest BCUT2D eigenvalue weighted by molar-refractivity contribution is 0.0950. The van der Waals surface area contributed by atoms with Crippen LogP contribution in [0.3, 0.4) is 0 Å². The number of nitrogens with zero attached hydrogens (tertiary/aromatic N) is 4. The Morgan fingerprint density at radius 1 is 1.53 bits per heavy atom. The number of carbonyl (C=O) groups excluding carboxylic acids is 1. The van der Waals surface area contributed by atoms with Crippen LogP contribution < -0.4 is 10.6 Å². The number of amides is 1. The summed E-state index contributed by atoms with van der Waals surface area (Å²) in [5, 5.41) is 18.5. The number of pyridine rings is 1. The summed E-state index contributed by atoms with van der Waals surface area (Å²) < 4.78 is 13.2. The van der Waals surface area contributed by atoms with E-state index in [1.54, 1.807) is 0 Å². The van der Waals surface area contributed by atoms with Gasteiger partial charge in [-0.05, 0) is 13.0 Å². The monoisotopic (exact) mass is 265 g/mol. The van der Waals surface area contributed by atoms with Crippen molar-refractivity contribution in [1.29, 1.82) is 0 Å². The number of tetrazole rings is 1. The fourth-order valence-electron chi connectivity index (χ4n) is 1.43.